The summed E-state index contributed by atoms with van der Waals surface area (Å²) in [5.74, 6) is -0.282. The number of nitriles is 1. The third-order valence-electron chi connectivity index (χ3n) is 4.98. The van der Waals surface area contributed by atoms with Gasteiger partial charge in [-0.05, 0) is 43.5 Å². The number of anilines is 1. The first-order valence-electron chi connectivity index (χ1n) is 8.33. The SMILES string of the molecule is CN(c1nnc(-c2ccc(C#N)cc2)s1)C1(c2ncccc2F)CCC1. The van der Waals surface area contributed by atoms with Crippen LogP contribution >= 0.6 is 11.3 Å². The normalized spacial score (nSPS) is 15.1. The van der Waals surface area contributed by atoms with Crippen LogP contribution in [0.1, 0.15) is 30.5 Å². The van der Waals surface area contributed by atoms with Crippen LogP contribution in [0.2, 0.25) is 0 Å². The number of hydrogen-bond acceptors (Lipinski definition) is 6. The first-order valence-corrected chi connectivity index (χ1v) is 9.14. The molecule has 26 heavy (non-hydrogen) atoms. The molecule has 0 atom stereocenters. The number of pyridine rings is 1. The summed E-state index contributed by atoms with van der Waals surface area (Å²) in [6.07, 6.45) is 4.34. The van der Waals surface area contributed by atoms with E-state index in [2.05, 4.69) is 21.3 Å². The molecular weight excluding hydrogens is 349 g/mol. The molecule has 0 radical (unpaired) electrons. The minimum absolute atomic E-state index is 0.282. The minimum atomic E-state index is -0.465. The van der Waals surface area contributed by atoms with Crippen LogP contribution in [-0.2, 0) is 5.54 Å². The fourth-order valence-corrected chi connectivity index (χ4v) is 4.21. The topological polar surface area (TPSA) is 65.7 Å². The minimum Gasteiger partial charge on any atom is -0.338 e. The molecule has 0 spiro atoms. The lowest BCUT2D eigenvalue weighted by Crippen LogP contribution is -2.50. The van der Waals surface area contributed by atoms with Crippen molar-refractivity contribution >= 4 is 16.5 Å². The second-order valence-corrected chi connectivity index (χ2v) is 7.31. The highest BCUT2D eigenvalue weighted by Gasteiger charge is 2.46. The summed E-state index contributed by atoms with van der Waals surface area (Å²) >= 11 is 1.45. The maximum absolute atomic E-state index is 14.4. The highest BCUT2D eigenvalue weighted by atomic mass is 32.1. The van der Waals surface area contributed by atoms with Crippen molar-refractivity contribution < 1.29 is 4.39 Å². The maximum Gasteiger partial charge on any atom is 0.209 e. The van der Waals surface area contributed by atoms with Crippen molar-refractivity contribution in [2.24, 2.45) is 0 Å². The second kappa shape index (κ2) is 6.46. The van der Waals surface area contributed by atoms with Crippen LogP contribution in [0.25, 0.3) is 10.6 Å². The molecule has 2 aromatic heterocycles. The van der Waals surface area contributed by atoms with Gasteiger partial charge in [-0.1, -0.05) is 23.5 Å². The molecule has 1 aromatic carbocycles. The van der Waals surface area contributed by atoms with E-state index < -0.39 is 5.54 Å². The summed E-state index contributed by atoms with van der Waals surface area (Å²) < 4.78 is 14.4. The van der Waals surface area contributed by atoms with Gasteiger partial charge >= 0.3 is 0 Å². The molecule has 0 N–H and O–H groups in total. The molecule has 3 aromatic rings. The first-order chi connectivity index (χ1) is 12.6. The number of halogens is 1. The Labute approximate surface area is 154 Å². The van der Waals surface area contributed by atoms with Crippen molar-refractivity contribution in [3.05, 3.63) is 59.7 Å². The van der Waals surface area contributed by atoms with Crippen LogP contribution in [0.4, 0.5) is 9.52 Å². The van der Waals surface area contributed by atoms with Crippen LogP contribution in [-0.4, -0.2) is 22.2 Å². The zero-order chi connectivity index (χ0) is 18.1. The van der Waals surface area contributed by atoms with E-state index in [0.717, 1.165) is 35.0 Å². The molecular formula is C19H16FN5S. The van der Waals surface area contributed by atoms with Crippen molar-refractivity contribution in [1.29, 1.82) is 5.26 Å². The molecule has 0 unspecified atom stereocenters. The predicted octanol–water partition coefficient (Wildman–Crippen LogP) is 4.13. The third kappa shape index (κ3) is 2.63. The molecule has 4 rings (SSSR count). The zero-order valence-corrected chi connectivity index (χ0v) is 15.0. The van der Waals surface area contributed by atoms with E-state index in [1.807, 2.05) is 24.1 Å². The van der Waals surface area contributed by atoms with Gasteiger partial charge in [0.05, 0.1) is 17.2 Å². The Morgan fingerprint density at radius 1 is 1.19 bits per heavy atom. The standard InChI is InChI=1S/C19H16FN5S/c1-25(19(9-3-10-19)16-15(20)4-2-11-22-16)18-24-23-17(26-18)14-7-5-13(12-21)6-8-14/h2,4-8,11H,3,9-10H2,1H3. The molecule has 0 amide bonds. The Kier molecular flexibility index (Phi) is 4.13. The van der Waals surface area contributed by atoms with Crippen LogP contribution in [0.15, 0.2) is 42.6 Å². The lowest BCUT2D eigenvalue weighted by molar-refractivity contribution is 0.225. The molecule has 130 valence electrons. The highest BCUT2D eigenvalue weighted by Crippen LogP contribution is 2.48. The molecule has 5 nitrogen and oxygen atoms in total. The van der Waals surface area contributed by atoms with Crippen molar-refractivity contribution in [2.75, 3.05) is 11.9 Å². The molecule has 1 fully saturated rings. The number of nitrogens with zero attached hydrogens (tertiary/aromatic N) is 5. The summed E-state index contributed by atoms with van der Waals surface area (Å²) in [4.78, 5) is 6.32. The Morgan fingerprint density at radius 2 is 1.96 bits per heavy atom. The van der Waals surface area contributed by atoms with Gasteiger partial charge in [-0.25, -0.2) is 4.39 Å². The molecule has 1 saturated carbocycles. The number of rotatable bonds is 4. The van der Waals surface area contributed by atoms with Gasteiger partial charge in [-0.15, -0.1) is 10.2 Å². The molecule has 7 heteroatoms. The second-order valence-electron chi connectivity index (χ2n) is 6.36. The summed E-state index contributed by atoms with van der Waals surface area (Å²) in [6.45, 7) is 0. The molecule has 1 aliphatic rings. The Hall–Kier alpha value is -2.85. The van der Waals surface area contributed by atoms with Gasteiger partial charge in [0.15, 0.2) is 0 Å². The van der Waals surface area contributed by atoms with Gasteiger partial charge < -0.3 is 4.90 Å². The number of benzene rings is 1. The van der Waals surface area contributed by atoms with E-state index >= 15 is 0 Å². The summed E-state index contributed by atoms with van der Waals surface area (Å²) in [5.41, 5.74) is 1.53. The van der Waals surface area contributed by atoms with Gasteiger partial charge in [0.1, 0.15) is 16.5 Å². The van der Waals surface area contributed by atoms with Crippen molar-refractivity contribution in [2.45, 2.75) is 24.8 Å². The lowest BCUT2D eigenvalue weighted by Gasteiger charge is -2.47. The summed E-state index contributed by atoms with van der Waals surface area (Å²) in [6, 6.07) is 12.4. The number of aromatic nitrogens is 3. The zero-order valence-electron chi connectivity index (χ0n) is 14.2. The van der Waals surface area contributed by atoms with Crippen LogP contribution in [0, 0.1) is 17.1 Å². The molecule has 1 aliphatic carbocycles. The van der Waals surface area contributed by atoms with Crippen molar-refractivity contribution in [1.82, 2.24) is 15.2 Å². The summed E-state index contributed by atoms with van der Waals surface area (Å²) in [7, 11) is 1.93. The maximum atomic E-state index is 14.4. The van der Waals surface area contributed by atoms with Gasteiger partial charge in [0.2, 0.25) is 5.13 Å². The third-order valence-corrected chi connectivity index (χ3v) is 6.03. The Balaban J connectivity index is 1.66. The van der Waals surface area contributed by atoms with E-state index in [1.54, 1.807) is 24.4 Å². The van der Waals surface area contributed by atoms with Gasteiger partial charge in [-0.2, -0.15) is 5.26 Å². The first kappa shape index (κ1) is 16.6. The summed E-state index contributed by atoms with van der Waals surface area (Å²) in [5, 5.41) is 19.0. The van der Waals surface area contributed by atoms with Gasteiger partial charge in [0.25, 0.3) is 0 Å². The van der Waals surface area contributed by atoms with Crippen LogP contribution < -0.4 is 4.90 Å². The predicted molar refractivity (Wildman–Crippen MR) is 98.2 cm³/mol. The molecule has 0 aliphatic heterocycles. The van der Waals surface area contributed by atoms with E-state index in [0.29, 0.717) is 11.3 Å². The van der Waals surface area contributed by atoms with Crippen LogP contribution in [0.3, 0.4) is 0 Å². The fourth-order valence-electron chi connectivity index (χ4n) is 3.31. The lowest BCUT2D eigenvalue weighted by atomic mass is 9.73. The largest absolute Gasteiger partial charge is 0.338 e. The van der Waals surface area contributed by atoms with E-state index in [9.17, 15) is 4.39 Å². The number of hydrogen-bond donors (Lipinski definition) is 0. The van der Waals surface area contributed by atoms with E-state index in [-0.39, 0.29) is 5.82 Å². The Morgan fingerprint density at radius 3 is 2.58 bits per heavy atom. The van der Waals surface area contributed by atoms with E-state index in [4.69, 9.17) is 5.26 Å². The quantitative estimate of drug-likeness (QED) is 0.696. The molecule has 2 heterocycles. The monoisotopic (exact) mass is 365 g/mol. The highest BCUT2D eigenvalue weighted by molar-refractivity contribution is 7.18. The average Bonchev–Trinajstić information content (AvgIpc) is 3.12. The van der Waals surface area contributed by atoms with Crippen molar-refractivity contribution in [3.63, 3.8) is 0 Å². The van der Waals surface area contributed by atoms with Crippen molar-refractivity contribution in [3.8, 4) is 16.6 Å². The Bertz CT molecular complexity index is 972. The van der Waals surface area contributed by atoms with Gasteiger partial charge in [-0.3, -0.25) is 4.98 Å². The molecule has 0 saturated heterocycles. The van der Waals surface area contributed by atoms with Crippen LogP contribution in [0.5, 0.6) is 0 Å². The molecule has 0 bridgehead atoms. The van der Waals surface area contributed by atoms with E-state index in [1.165, 1.54) is 17.4 Å². The van der Waals surface area contributed by atoms with Gasteiger partial charge in [0, 0.05) is 18.8 Å². The smallest absolute Gasteiger partial charge is 0.209 e. The average molecular weight is 365 g/mol. The fraction of sp³-hybridized carbons (Fsp3) is 0.263.